The Bertz CT molecular complexity index is 828. The minimum absolute atomic E-state index is 0.179. The molecular weight excluding hydrogens is 276 g/mol. The summed E-state index contributed by atoms with van der Waals surface area (Å²) in [5, 5.41) is 1.74. The first-order valence-electron chi connectivity index (χ1n) is 6.01. The standard InChI is InChI=1S/C15H11ClN2O2/c1-20-13-9-18(14-4-2-3-7-17-14)15(19)12-8-10(16)5-6-11(12)13/h2-9H,1H3. The second-order valence-electron chi connectivity index (χ2n) is 4.25. The molecule has 0 aliphatic heterocycles. The third kappa shape index (κ3) is 2.04. The molecule has 3 rings (SSSR count). The quantitative estimate of drug-likeness (QED) is 0.727. The van der Waals surface area contributed by atoms with Gasteiger partial charge in [-0.2, -0.15) is 0 Å². The van der Waals surface area contributed by atoms with Crippen LogP contribution in [0.1, 0.15) is 0 Å². The molecule has 0 unspecified atom stereocenters. The van der Waals surface area contributed by atoms with Crippen molar-refractivity contribution in [3.05, 3.63) is 64.2 Å². The Balaban J connectivity index is 2.40. The first-order chi connectivity index (χ1) is 9.70. The van der Waals surface area contributed by atoms with Gasteiger partial charge in [0.25, 0.3) is 5.56 Å². The summed E-state index contributed by atoms with van der Waals surface area (Å²) in [4.78, 5) is 16.7. The van der Waals surface area contributed by atoms with Crippen molar-refractivity contribution in [2.75, 3.05) is 7.11 Å². The highest BCUT2D eigenvalue weighted by Crippen LogP contribution is 2.25. The van der Waals surface area contributed by atoms with E-state index in [1.165, 1.54) is 4.57 Å². The van der Waals surface area contributed by atoms with E-state index in [1.54, 1.807) is 49.8 Å². The Labute approximate surface area is 120 Å². The van der Waals surface area contributed by atoms with Crippen molar-refractivity contribution in [2.45, 2.75) is 0 Å². The van der Waals surface area contributed by atoms with E-state index >= 15 is 0 Å². The number of methoxy groups -OCH3 is 1. The van der Waals surface area contributed by atoms with Crippen LogP contribution in [-0.4, -0.2) is 16.7 Å². The number of hydrogen-bond acceptors (Lipinski definition) is 3. The normalized spacial score (nSPS) is 10.7. The molecule has 0 N–H and O–H groups in total. The predicted octanol–water partition coefficient (Wildman–Crippen LogP) is 3.05. The molecule has 0 amide bonds. The maximum Gasteiger partial charge on any atom is 0.264 e. The number of rotatable bonds is 2. The average molecular weight is 287 g/mol. The van der Waals surface area contributed by atoms with Crippen LogP contribution in [0, 0.1) is 0 Å². The van der Waals surface area contributed by atoms with Gasteiger partial charge in [0.05, 0.1) is 18.7 Å². The van der Waals surface area contributed by atoms with E-state index in [9.17, 15) is 4.79 Å². The van der Waals surface area contributed by atoms with Crippen molar-refractivity contribution in [3.63, 3.8) is 0 Å². The molecule has 0 aliphatic carbocycles. The van der Waals surface area contributed by atoms with Gasteiger partial charge in [-0.3, -0.25) is 9.36 Å². The number of hydrogen-bond donors (Lipinski definition) is 0. The molecule has 100 valence electrons. The molecule has 0 bridgehead atoms. The lowest BCUT2D eigenvalue weighted by Gasteiger charge is -2.10. The topological polar surface area (TPSA) is 44.1 Å². The van der Waals surface area contributed by atoms with Crippen LogP contribution in [0.25, 0.3) is 16.6 Å². The Kier molecular flexibility index (Phi) is 3.16. The van der Waals surface area contributed by atoms with Gasteiger partial charge in [0.15, 0.2) is 0 Å². The second-order valence-corrected chi connectivity index (χ2v) is 4.69. The molecule has 3 aromatic rings. The number of fused-ring (bicyclic) bond motifs is 1. The molecule has 2 aromatic heterocycles. The molecule has 4 nitrogen and oxygen atoms in total. The molecule has 0 fully saturated rings. The van der Waals surface area contributed by atoms with Crippen molar-refractivity contribution in [2.24, 2.45) is 0 Å². The van der Waals surface area contributed by atoms with Crippen LogP contribution >= 0.6 is 11.6 Å². The van der Waals surface area contributed by atoms with E-state index in [2.05, 4.69) is 4.98 Å². The van der Waals surface area contributed by atoms with Gasteiger partial charge in [0.1, 0.15) is 11.6 Å². The Hall–Kier alpha value is -2.33. The first-order valence-corrected chi connectivity index (χ1v) is 6.39. The number of nitrogens with zero attached hydrogens (tertiary/aromatic N) is 2. The zero-order chi connectivity index (χ0) is 14.1. The molecule has 2 heterocycles. The summed E-state index contributed by atoms with van der Waals surface area (Å²) in [5.41, 5.74) is -0.179. The van der Waals surface area contributed by atoms with Gasteiger partial charge >= 0.3 is 0 Å². The summed E-state index contributed by atoms with van der Waals surface area (Å²) in [6, 6.07) is 10.5. The zero-order valence-corrected chi connectivity index (χ0v) is 11.5. The lowest BCUT2D eigenvalue weighted by atomic mass is 10.1. The zero-order valence-electron chi connectivity index (χ0n) is 10.7. The summed E-state index contributed by atoms with van der Waals surface area (Å²) in [5.74, 6) is 1.14. The molecule has 0 saturated carbocycles. The van der Waals surface area contributed by atoms with Crippen molar-refractivity contribution in [3.8, 4) is 11.6 Å². The van der Waals surface area contributed by atoms with E-state index in [4.69, 9.17) is 16.3 Å². The number of aromatic nitrogens is 2. The molecule has 0 saturated heterocycles. The fourth-order valence-corrected chi connectivity index (χ4v) is 2.28. The van der Waals surface area contributed by atoms with Gasteiger partial charge in [-0.1, -0.05) is 17.7 Å². The molecule has 5 heteroatoms. The monoisotopic (exact) mass is 286 g/mol. The molecule has 20 heavy (non-hydrogen) atoms. The first kappa shape index (κ1) is 12.7. The van der Waals surface area contributed by atoms with Crippen molar-refractivity contribution in [1.82, 2.24) is 9.55 Å². The summed E-state index contributed by atoms with van der Waals surface area (Å²) in [6.45, 7) is 0. The van der Waals surface area contributed by atoms with E-state index in [1.807, 2.05) is 6.07 Å². The van der Waals surface area contributed by atoms with Gasteiger partial charge in [-0.25, -0.2) is 4.98 Å². The highest BCUT2D eigenvalue weighted by Gasteiger charge is 2.11. The Morgan fingerprint density at radius 3 is 2.75 bits per heavy atom. The summed E-state index contributed by atoms with van der Waals surface area (Å²) in [6.07, 6.45) is 3.28. The summed E-state index contributed by atoms with van der Waals surface area (Å²) >= 11 is 5.98. The van der Waals surface area contributed by atoms with E-state index < -0.39 is 0 Å². The average Bonchev–Trinajstić information content (AvgIpc) is 2.49. The lowest BCUT2D eigenvalue weighted by Crippen LogP contribution is -2.19. The van der Waals surface area contributed by atoms with Gasteiger partial charge < -0.3 is 4.74 Å². The molecule has 0 atom stereocenters. The van der Waals surface area contributed by atoms with Crippen LogP contribution in [0.3, 0.4) is 0 Å². The van der Waals surface area contributed by atoms with Crippen LogP contribution in [0.4, 0.5) is 0 Å². The van der Waals surface area contributed by atoms with Crippen LogP contribution in [0.15, 0.2) is 53.6 Å². The number of halogens is 1. The highest BCUT2D eigenvalue weighted by atomic mass is 35.5. The van der Waals surface area contributed by atoms with Crippen molar-refractivity contribution < 1.29 is 4.74 Å². The smallest absolute Gasteiger partial charge is 0.264 e. The summed E-state index contributed by atoms with van der Waals surface area (Å²) in [7, 11) is 1.57. The Morgan fingerprint density at radius 2 is 2.05 bits per heavy atom. The van der Waals surface area contributed by atoms with Gasteiger partial charge in [0, 0.05) is 16.6 Å². The second kappa shape index (κ2) is 4.98. The molecule has 0 radical (unpaired) electrons. The third-order valence-electron chi connectivity index (χ3n) is 3.06. The maximum absolute atomic E-state index is 12.6. The number of pyridine rings is 2. The van der Waals surface area contributed by atoms with E-state index in [0.717, 1.165) is 5.39 Å². The largest absolute Gasteiger partial charge is 0.495 e. The van der Waals surface area contributed by atoms with Crippen molar-refractivity contribution >= 4 is 22.4 Å². The molecule has 1 aromatic carbocycles. The maximum atomic E-state index is 12.6. The summed E-state index contributed by atoms with van der Waals surface area (Å²) < 4.78 is 6.81. The minimum atomic E-state index is -0.179. The van der Waals surface area contributed by atoms with Crippen LogP contribution in [0.2, 0.25) is 5.02 Å². The third-order valence-corrected chi connectivity index (χ3v) is 3.29. The van der Waals surface area contributed by atoms with Gasteiger partial charge in [-0.15, -0.1) is 0 Å². The van der Waals surface area contributed by atoms with Crippen molar-refractivity contribution in [1.29, 1.82) is 0 Å². The Morgan fingerprint density at radius 1 is 1.20 bits per heavy atom. The van der Waals surface area contributed by atoms with Crippen LogP contribution in [0.5, 0.6) is 5.75 Å². The SMILES string of the molecule is COc1cn(-c2ccccn2)c(=O)c2cc(Cl)ccc12. The van der Waals surface area contributed by atoms with Gasteiger partial charge in [0.2, 0.25) is 0 Å². The van der Waals surface area contributed by atoms with E-state index in [-0.39, 0.29) is 5.56 Å². The molecule has 0 aliphatic rings. The van der Waals surface area contributed by atoms with Gasteiger partial charge in [-0.05, 0) is 30.3 Å². The molecular formula is C15H11ClN2O2. The number of ether oxygens (including phenoxy) is 1. The van der Waals surface area contributed by atoms with E-state index in [0.29, 0.717) is 22.0 Å². The predicted molar refractivity (Wildman–Crippen MR) is 78.9 cm³/mol. The van der Waals surface area contributed by atoms with Crippen LogP contribution in [-0.2, 0) is 0 Å². The molecule has 0 spiro atoms. The number of benzene rings is 1. The fraction of sp³-hybridized carbons (Fsp3) is 0.0667. The minimum Gasteiger partial charge on any atom is -0.495 e. The fourth-order valence-electron chi connectivity index (χ4n) is 2.11. The van der Waals surface area contributed by atoms with Crippen LogP contribution < -0.4 is 10.3 Å². The lowest BCUT2D eigenvalue weighted by molar-refractivity contribution is 0.416. The highest BCUT2D eigenvalue weighted by molar-refractivity contribution is 6.31.